The molecule has 0 bridgehead atoms. The van der Waals surface area contributed by atoms with E-state index in [-0.39, 0.29) is 11.7 Å². The number of Topliss-reactive ketones (excluding diaryl/α,β-unsaturated/α-hetero) is 1. The fourth-order valence-corrected chi connectivity index (χ4v) is 4.31. The number of aromatic amines is 1. The van der Waals surface area contributed by atoms with Crippen molar-refractivity contribution in [1.82, 2.24) is 15.1 Å². The number of H-pyrrole nitrogens is 1. The van der Waals surface area contributed by atoms with Gasteiger partial charge in [0.15, 0.2) is 5.78 Å². The maximum atomic E-state index is 13.3. The minimum Gasteiger partial charge on any atom is -0.497 e. The van der Waals surface area contributed by atoms with Crippen LogP contribution in [-0.4, -0.2) is 55.3 Å². The quantitative estimate of drug-likeness (QED) is 0.535. The van der Waals surface area contributed by atoms with Crippen LogP contribution in [0.5, 0.6) is 17.2 Å². The lowest BCUT2D eigenvalue weighted by Gasteiger charge is -2.32. The van der Waals surface area contributed by atoms with Gasteiger partial charge in [0.25, 0.3) is 0 Å². The minimum atomic E-state index is -0.0672. The second-order valence-electron chi connectivity index (χ2n) is 8.00. The summed E-state index contributed by atoms with van der Waals surface area (Å²) < 4.78 is 16.0. The number of rotatable bonds is 8. The van der Waals surface area contributed by atoms with Crippen molar-refractivity contribution in [1.29, 1.82) is 0 Å². The topological polar surface area (TPSA) is 76.7 Å². The molecule has 1 atom stereocenters. The van der Waals surface area contributed by atoms with Crippen LogP contribution < -0.4 is 14.2 Å². The Morgan fingerprint density at radius 3 is 2.53 bits per heavy atom. The number of ketones is 1. The first-order valence-electron chi connectivity index (χ1n) is 10.8. The second-order valence-corrected chi connectivity index (χ2v) is 8.00. The van der Waals surface area contributed by atoms with Crippen LogP contribution in [0.25, 0.3) is 11.3 Å². The summed E-state index contributed by atoms with van der Waals surface area (Å²) in [5, 5.41) is 7.39. The molecule has 1 aliphatic heterocycles. The molecule has 2 aromatic carbocycles. The Morgan fingerprint density at radius 1 is 1.06 bits per heavy atom. The Labute approximate surface area is 188 Å². The van der Waals surface area contributed by atoms with Gasteiger partial charge in [0.1, 0.15) is 17.2 Å². The van der Waals surface area contributed by atoms with E-state index in [0.717, 1.165) is 48.5 Å². The van der Waals surface area contributed by atoms with Crippen molar-refractivity contribution < 1.29 is 19.0 Å². The van der Waals surface area contributed by atoms with Crippen molar-refractivity contribution in [2.24, 2.45) is 5.92 Å². The van der Waals surface area contributed by atoms with Gasteiger partial charge in [0, 0.05) is 36.2 Å². The summed E-state index contributed by atoms with van der Waals surface area (Å²) in [7, 11) is 4.84. The van der Waals surface area contributed by atoms with E-state index < -0.39 is 0 Å². The molecule has 0 aliphatic carbocycles. The first kappa shape index (κ1) is 21.9. The molecule has 1 aliphatic rings. The summed E-state index contributed by atoms with van der Waals surface area (Å²) in [5.41, 5.74) is 3.79. The van der Waals surface area contributed by atoms with Crippen LogP contribution >= 0.6 is 0 Å². The predicted molar refractivity (Wildman–Crippen MR) is 122 cm³/mol. The lowest BCUT2D eigenvalue weighted by atomic mass is 9.89. The van der Waals surface area contributed by atoms with Crippen LogP contribution in [0.3, 0.4) is 0 Å². The molecule has 0 saturated carbocycles. The summed E-state index contributed by atoms with van der Waals surface area (Å²) in [6.45, 7) is 2.40. The van der Waals surface area contributed by atoms with Crippen molar-refractivity contribution in [2.75, 3.05) is 34.4 Å². The van der Waals surface area contributed by atoms with Gasteiger partial charge in [-0.2, -0.15) is 5.10 Å². The molecule has 0 radical (unpaired) electrons. The monoisotopic (exact) mass is 435 g/mol. The van der Waals surface area contributed by atoms with Crippen molar-refractivity contribution >= 4 is 5.78 Å². The average Bonchev–Trinajstić information content (AvgIpc) is 3.31. The van der Waals surface area contributed by atoms with Gasteiger partial charge in [-0.15, -0.1) is 0 Å². The van der Waals surface area contributed by atoms with E-state index in [1.165, 1.54) is 0 Å². The third kappa shape index (κ3) is 4.62. The SMILES string of the molecule is COc1ccc(-c2[nH]ncc2CN2CCCC(C(=O)c3ccc(OC)cc3OC)C2)cc1. The van der Waals surface area contributed by atoms with Gasteiger partial charge in [0.05, 0.1) is 38.8 Å². The zero-order chi connectivity index (χ0) is 22.5. The zero-order valence-electron chi connectivity index (χ0n) is 18.8. The molecule has 0 spiro atoms. The van der Waals surface area contributed by atoms with E-state index in [1.807, 2.05) is 36.5 Å². The zero-order valence-corrected chi connectivity index (χ0v) is 18.8. The van der Waals surface area contributed by atoms with E-state index in [1.54, 1.807) is 33.5 Å². The van der Waals surface area contributed by atoms with Crippen LogP contribution in [0.1, 0.15) is 28.8 Å². The highest BCUT2D eigenvalue weighted by molar-refractivity contribution is 6.00. The molecule has 7 nitrogen and oxygen atoms in total. The number of hydrogen-bond acceptors (Lipinski definition) is 6. The molecule has 168 valence electrons. The maximum Gasteiger partial charge on any atom is 0.170 e. The van der Waals surface area contributed by atoms with Gasteiger partial charge in [-0.25, -0.2) is 0 Å². The lowest BCUT2D eigenvalue weighted by molar-refractivity contribution is 0.0808. The van der Waals surface area contributed by atoms with Crippen molar-refractivity contribution in [2.45, 2.75) is 19.4 Å². The number of methoxy groups -OCH3 is 3. The molecule has 1 aromatic heterocycles. The van der Waals surface area contributed by atoms with E-state index in [9.17, 15) is 4.79 Å². The Hall–Kier alpha value is -3.32. The Kier molecular flexibility index (Phi) is 6.75. The molecule has 1 unspecified atom stereocenters. The van der Waals surface area contributed by atoms with Crippen LogP contribution in [0.4, 0.5) is 0 Å². The van der Waals surface area contributed by atoms with Gasteiger partial charge in [-0.1, -0.05) is 0 Å². The molecule has 0 amide bonds. The van der Waals surface area contributed by atoms with Gasteiger partial charge in [-0.3, -0.25) is 14.8 Å². The number of piperidine rings is 1. The molecular formula is C25H29N3O4. The second kappa shape index (κ2) is 9.87. The molecule has 4 rings (SSSR count). The smallest absolute Gasteiger partial charge is 0.170 e. The summed E-state index contributed by atoms with van der Waals surface area (Å²) >= 11 is 0. The number of carbonyl (C=O) groups is 1. The molecule has 1 saturated heterocycles. The molecule has 32 heavy (non-hydrogen) atoms. The summed E-state index contributed by atoms with van der Waals surface area (Å²) in [5.74, 6) is 2.11. The fourth-order valence-electron chi connectivity index (χ4n) is 4.31. The summed E-state index contributed by atoms with van der Waals surface area (Å²) in [6.07, 6.45) is 3.73. The highest BCUT2D eigenvalue weighted by atomic mass is 16.5. The minimum absolute atomic E-state index is 0.0672. The van der Waals surface area contributed by atoms with Crippen LogP contribution in [0, 0.1) is 5.92 Å². The Balaban J connectivity index is 1.47. The Bertz CT molecular complexity index is 1060. The number of aromatic nitrogens is 2. The van der Waals surface area contributed by atoms with E-state index in [0.29, 0.717) is 23.6 Å². The number of nitrogens with one attached hydrogen (secondary N) is 1. The molecular weight excluding hydrogens is 406 g/mol. The maximum absolute atomic E-state index is 13.3. The van der Waals surface area contributed by atoms with Crippen molar-refractivity contribution in [3.63, 3.8) is 0 Å². The number of likely N-dealkylation sites (tertiary alicyclic amines) is 1. The first-order chi connectivity index (χ1) is 15.6. The average molecular weight is 436 g/mol. The predicted octanol–water partition coefficient (Wildman–Crippen LogP) is 4.20. The number of carbonyl (C=O) groups excluding carboxylic acids is 1. The largest absolute Gasteiger partial charge is 0.497 e. The van der Waals surface area contributed by atoms with Crippen LogP contribution in [0.15, 0.2) is 48.7 Å². The highest BCUT2D eigenvalue weighted by Crippen LogP contribution is 2.31. The van der Waals surface area contributed by atoms with Crippen LogP contribution in [-0.2, 0) is 6.54 Å². The van der Waals surface area contributed by atoms with E-state index in [4.69, 9.17) is 14.2 Å². The van der Waals surface area contributed by atoms with Gasteiger partial charge < -0.3 is 14.2 Å². The molecule has 1 fully saturated rings. The Morgan fingerprint density at radius 2 is 1.81 bits per heavy atom. The lowest BCUT2D eigenvalue weighted by Crippen LogP contribution is -2.38. The van der Waals surface area contributed by atoms with Crippen LogP contribution in [0.2, 0.25) is 0 Å². The normalized spacial score (nSPS) is 16.5. The third-order valence-electron chi connectivity index (χ3n) is 6.04. The van der Waals surface area contributed by atoms with Crippen molar-refractivity contribution in [3.8, 4) is 28.5 Å². The first-order valence-corrected chi connectivity index (χ1v) is 10.8. The summed E-state index contributed by atoms with van der Waals surface area (Å²) in [4.78, 5) is 15.6. The van der Waals surface area contributed by atoms with E-state index >= 15 is 0 Å². The van der Waals surface area contributed by atoms with Gasteiger partial charge >= 0.3 is 0 Å². The van der Waals surface area contributed by atoms with Gasteiger partial charge in [0.2, 0.25) is 0 Å². The highest BCUT2D eigenvalue weighted by Gasteiger charge is 2.29. The molecule has 3 aromatic rings. The molecule has 1 N–H and O–H groups in total. The summed E-state index contributed by atoms with van der Waals surface area (Å²) in [6, 6.07) is 13.3. The number of benzene rings is 2. The molecule has 7 heteroatoms. The molecule has 2 heterocycles. The fraction of sp³-hybridized carbons (Fsp3) is 0.360. The third-order valence-corrected chi connectivity index (χ3v) is 6.04. The number of ether oxygens (including phenoxy) is 3. The van der Waals surface area contributed by atoms with Crippen molar-refractivity contribution in [3.05, 3.63) is 59.8 Å². The number of nitrogens with zero attached hydrogens (tertiary/aromatic N) is 2. The van der Waals surface area contributed by atoms with E-state index in [2.05, 4.69) is 15.1 Å². The number of hydrogen-bond donors (Lipinski definition) is 1. The standard InChI is InChI=1S/C25H29N3O4/c1-30-20-8-6-17(7-9-20)24-19(14-26-27-24)16-28-12-4-5-18(15-28)25(29)22-11-10-21(31-2)13-23(22)32-3/h6-11,13-14,18H,4-5,12,15-16H2,1-3H3,(H,26,27). The van der Waals surface area contributed by atoms with Gasteiger partial charge in [-0.05, 0) is 55.8 Å².